The third-order valence-corrected chi connectivity index (χ3v) is 5.68. The molecule has 0 aromatic heterocycles. The summed E-state index contributed by atoms with van der Waals surface area (Å²) in [4.78, 5) is 24.3. The van der Waals surface area contributed by atoms with Crippen LogP contribution in [0.4, 0.5) is 0 Å². The van der Waals surface area contributed by atoms with Crippen molar-refractivity contribution in [1.82, 2.24) is 5.32 Å². The smallest absolute Gasteiger partial charge is 0.320 e. The van der Waals surface area contributed by atoms with E-state index >= 15 is 0 Å². The van der Waals surface area contributed by atoms with Crippen LogP contribution in [0.15, 0.2) is 48.5 Å². The van der Waals surface area contributed by atoms with Crippen LogP contribution in [-0.2, 0) is 14.3 Å². The number of hydrogen-bond donors (Lipinski definition) is 2. The number of carboxylic acids is 1. The predicted octanol–water partition coefficient (Wildman–Crippen LogP) is 3.04. The second kappa shape index (κ2) is 7.53. The normalized spacial score (nSPS) is 19.8. The number of ether oxygens (including phenoxy) is 1. The van der Waals surface area contributed by atoms with Crippen LogP contribution < -0.4 is 5.32 Å². The van der Waals surface area contributed by atoms with E-state index in [9.17, 15) is 14.7 Å². The molecule has 1 aliphatic heterocycles. The predicted molar refractivity (Wildman–Crippen MR) is 101 cm³/mol. The van der Waals surface area contributed by atoms with Crippen molar-refractivity contribution in [1.29, 1.82) is 0 Å². The number of nitrogens with one attached hydrogen (secondary N) is 1. The van der Waals surface area contributed by atoms with Gasteiger partial charge in [-0.25, -0.2) is 0 Å². The van der Waals surface area contributed by atoms with Crippen LogP contribution in [0, 0.1) is 11.8 Å². The highest BCUT2D eigenvalue weighted by Gasteiger charge is 2.38. The van der Waals surface area contributed by atoms with E-state index in [0.29, 0.717) is 6.54 Å². The van der Waals surface area contributed by atoms with Crippen molar-refractivity contribution < 1.29 is 19.4 Å². The van der Waals surface area contributed by atoms with Gasteiger partial charge in [-0.05, 0) is 54.1 Å². The summed E-state index contributed by atoms with van der Waals surface area (Å²) in [5.74, 6) is -3.10. The average molecular weight is 365 g/mol. The molecular weight excluding hydrogens is 342 g/mol. The molecule has 27 heavy (non-hydrogen) atoms. The van der Waals surface area contributed by atoms with Crippen molar-refractivity contribution in [2.75, 3.05) is 19.7 Å². The Bertz CT molecular complexity index is 811. The summed E-state index contributed by atoms with van der Waals surface area (Å²) in [5, 5.41) is 12.8. The molecule has 1 saturated heterocycles. The lowest BCUT2D eigenvalue weighted by Crippen LogP contribution is -2.41. The Balaban J connectivity index is 1.52. The molecule has 0 radical (unpaired) electrons. The number of piperidine rings is 1. The summed E-state index contributed by atoms with van der Waals surface area (Å²) >= 11 is 0. The molecule has 1 fully saturated rings. The zero-order chi connectivity index (χ0) is 18.8. The molecule has 2 atom stereocenters. The largest absolute Gasteiger partial charge is 0.481 e. The van der Waals surface area contributed by atoms with E-state index in [-0.39, 0.29) is 18.4 Å². The van der Waals surface area contributed by atoms with E-state index in [1.807, 2.05) is 36.4 Å². The average Bonchev–Trinajstić information content (AvgIpc) is 3.01. The van der Waals surface area contributed by atoms with Gasteiger partial charge in [0.25, 0.3) is 0 Å². The van der Waals surface area contributed by atoms with Crippen molar-refractivity contribution in [3.63, 3.8) is 0 Å². The van der Waals surface area contributed by atoms with E-state index in [0.717, 1.165) is 41.6 Å². The van der Waals surface area contributed by atoms with Gasteiger partial charge in [0.15, 0.2) is 5.92 Å². The monoisotopic (exact) mass is 365 g/mol. The standard InChI is InChI=1S/C22H23NO4/c24-21(25)20(14-6-5-11-23-12-14)22(26)27-13-19-17-9-3-1-7-15(17)16-8-2-4-10-18(16)19/h1-4,7-10,14,19-20,23H,5-6,11-13H2,(H,24,25). The van der Waals surface area contributed by atoms with Gasteiger partial charge < -0.3 is 15.2 Å². The van der Waals surface area contributed by atoms with Gasteiger partial charge in [-0.15, -0.1) is 0 Å². The fourth-order valence-electron chi connectivity index (χ4n) is 4.35. The first-order valence-corrected chi connectivity index (χ1v) is 9.45. The van der Waals surface area contributed by atoms with Gasteiger partial charge in [-0.3, -0.25) is 9.59 Å². The lowest BCUT2D eigenvalue weighted by Gasteiger charge is -2.27. The van der Waals surface area contributed by atoms with Gasteiger partial charge in [0.1, 0.15) is 6.61 Å². The maximum absolute atomic E-state index is 12.6. The van der Waals surface area contributed by atoms with Gasteiger partial charge in [-0.2, -0.15) is 0 Å². The Hall–Kier alpha value is -2.66. The molecule has 4 rings (SSSR count). The van der Waals surface area contributed by atoms with Crippen LogP contribution in [0.2, 0.25) is 0 Å². The Kier molecular flexibility index (Phi) is 4.94. The SMILES string of the molecule is O=C(O)C(C(=O)OCC1c2ccccc2-c2ccccc21)C1CCCNC1. The quantitative estimate of drug-likeness (QED) is 0.629. The van der Waals surface area contributed by atoms with Crippen LogP contribution in [-0.4, -0.2) is 36.7 Å². The summed E-state index contributed by atoms with van der Waals surface area (Å²) in [6.07, 6.45) is 1.61. The Morgan fingerprint density at radius 2 is 1.70 bits per heavy atom. The van der Waals surface area contributed by atoms with Gasteiger partial charge in [0.2, 0.25) is 0 Å². The van der Waals surface area contributed by atoms with Gasteiger partial charge in [0, 0.05) is 5.92 Å². The fourth-order valence-corrected chi connectivity index (χ4v) is 4.35. The molecule has 5 heteroatoms. The summed E-state index contributed by atoms with van der Waals surface area (Å²) in [6.45, 7) is 1.57. The molecule has 2 unspecified atom stereocenters. The summed E-state index contributed by atoms with van der Waals surface area (Å²) < 4.78 is 5.57. The van der Waals surface area contributed by atoms with Crippen molar-refractivity contribution >= 4 is 11.9 Å². The van der Waals surface area contributed by atoms with Crippen LogP contribution in [0.1, 0.15) is 29.9 Å². The first kappa shape index (κ1) is 17.7. The highest BCUT2D eigenvalue weighted by atomic mass is 16.5. The summed E-state index contributed by atoms with van der Waals surface area (Å²) in [7, 11) is 0. The summed E-state index contributed by atoms with van der Waals surface area (Å²) in [5.41, 5.74) is 4.55. The molecule has 1 heterocycles. The Morgan fingerprint density at radius 3 is 2.26 bits per heavy atom. The zero-order valence-corrected chi connectivity index (χ0v) is 15.1. The number of hydrogen-bond acceptors (Lipinski definition) is 4. The maximum Gasteiger partial charge on any atom is 0.320 e. The van der Waals surface area contributed by atoms with Gasteiger partial charge in [0.05, 0.1) is 0 Å². The molecule has 2 aromatic rings. The van der Waals surface area contributed by atoms with Crippen molar-refractivity contribution in [3.05, 3.63) is 59.7 Å². The highest BCUT2D eigenvalue weighted by molar-refractivity contribution is 5.94. The number of carbonyl (C=O) groups excluding carboxylic acids is 1. The summed E-state index contributed by atoms with van der Waals surface area (Å²) in [6, 6.07) is 16.2. The molecule has 1 aliphatic carbocycles. The Labute approximate surface area is 158 Å². The van der Waals surface area contributed by atoms with E-state index < -0.39 is 17.9 Å². The number of esters is 1. The van der Waals surface area contributed by atoms with Crippen molar-refractivity contribution in [2.24, 2.45) is 11.8 Å². The molecule has 0 spiro atoms. The minimum atomic E-state index is -1.11. The molecule has 0 amide bonds. The number of fused-ring (bicyclic) bond motifs is 3. The fraction of sp³-hybridized carbons (Fsp3) is 0.364. The van der Waals surface area contributed by atoms with E-state index in [2.05, 4.69) is 17.4 Å². The minimum absolute atomic E-state index is 0.0553. The molecule has 140 valence electrons. The molecular formula is C22H23NO4. The van der Waals surface area contributed by atoms with Gasteiger partial charge in [-0.1, -0.05) is 48.5 Å². The topological polar surface area (TPSA) is 75.6 Å². The first-order valence-electron chi connectivity index (χ1n) is 9.45. The molecule has 2 aliphatic rings. The maximum atomic E-state index is 12.6. The van der Waals surface area contributed by atoms with Crippen molar-refractivity contribution in [3.8, 4) is 11.1 Å². The third kappa shape index (κ3) is 3.35. The van der Waals surface area contributed by atoms with Crippen LogP contribution in [0.25, 0.3) is 11.1 Å². The minimum Gasteiger partial charge on any atom is -0.481 e. The molecule has 2 aromatic carbocycles. The lowest BCUT2D eigenvalue weighted by molar-refractivity contribution is -0.162. The molecule has 0 bridgehead atoms. The number of carbonyl (C=O) groups is 2. The van der Waals surface area contributed by atoms with E-state index in [1.54, 1.807) is 0 Å². The molecule has 2 N–H and O–H groups in total. The second-order valence-corrected chi connectivity index (χ2v) is 7.28. The number of benzene rings is 2. The number of rotatable bonds is 5. The molecule has 5 nitrogen and oxygen atoms in total. The zero-order valence-electron chi connectivity index (χ0n) is 15.1. The first-order chi connectivity index (χ1) is 13.2. The van der Waals surface area contributed by atoms with Gasteiger partial charge >= 0.3 is 11.9 Å². The van der Waals surface area contributed by atoms with E-state index in [4.69, 9.17) is 4.74 Å². The van der Waals surface area contributed by atoms with E-state index in [1.165, 1.54) is 0 Å². The Morgan fingerprint density at radius 1 is 1.07 bits per heavy atom. The second-order valence-electron chi connectivity index (χ2n) is 7.28. The molecule has 0 saturated carbocycles. The number of aliphatic carboxylic acids is 1. The van der Waals surface area contributed by atoms with Crippen LogP contribution in [0.3, 0.4) is 0 Å². The lowest BCUT2D eigenvalue weighted by atomic mass is 9.86. The van der Waals surface area contributed by atoms with Crippen molar-refractivity contribution in [2.45, 2.75) is 18.8 Å². The van der Waals surface area contributed by atoms with Crippen LogP contribution in [0.5, 0.6) is 0 Å². The third-order valence-electron chi connectivity index (χ3n) is 5.68. The number of carboxylic acid groups (broad SMARTS) is 1. The highest BCUT2D eigenvalue weighted by Crippen LogP contribution is 2.44. The van der Waals surface area contributed by atoms with Crippen LogP contribution >= 0.6 is 0 Å².